The van der Waals surface area contributed by atoms with Crippen molar-refractivity contribution in [1.29, 1.82) is 0 Å². The van der Waals surface area contributed by atoms with Crippen molar-refractivity contribution in [3.05, 3.63) is 41.7 Å². The predicted octanol–water partition coefficient (Wildman–Crippen LogP) is 2.44. The molecule has 1 aromatic carbocycles. The van der Waals surface area contributed by atoms with Crippen LogP contribution in [0, 0.1) is 13.8 Å². The maximum absolute atomic E-state index is 11.5. The van der Waals surface area contributed by atoms with Crippen molar-refractivity contribution in [2.24, 2.45) is 0 Å². The maximum Gasteiger partial charge on any atom is 0.152 e. The molecule has 2 heterocycles. The van der Waals surface area contributed by atoms with Crippen molar-refractivity contribution >= 4 is 27.2 Å². The number of nitrogens with zero attached hydrogens (tertiary/aromatic N) is 2. The van der Waals surface area contributed by atoms with Gasteiger partial charge in [-0.05, 0) is 32.4 Å². The summed E-state index contributed by atoms with van der Waals surface area (Å²) in [4.78, 5) is 8.72. The number of aryl methyl sites for hydroxylation is 2. The minimum Gasteiger partial charge on any atom is -0.366 e. The molecule has 3 rings (SSSR count). The average molecular weight is 332 g/mol. The van der Waals surface area contributed by atoms with Crippen LogP contribution in [0.15, 0.2) is 30.3 Å². The number of nitrogens with one attached hydrogen (secondary N) is 2. The van der Waals surface area contributed by atoms with Crippen LogP contribution in [0.25, 0.3) is 0 Å². The molecule has 1 aliphatic rings. The highest BCUT2D eigenvalue weighted by Crippen LogP contribution is 2.20. The average Bonchev–Trinajstić information content (AvgIpc) is 2.80. The molecule has 0 amide bonds. The Bertz CT molecular complexity index is 803. The Balaban J connectivity index is 1.75. The van der Waals surface area contributed by atoms with E-state index in [9.17, 15) is 8.42 Å². The molecule has 0 bridgehead atoms. The normalized spacial score (nSPS) is 19.5. The van der Waals surface area contributed by atoms with Crippen LogP contribution in [0.2, 0.25) is 0 Å². The molecule has 2 N–H and O–H groups in total. The van der Waals surface area contributed by atoms with Crippen LogP contribution in [0.5, 0.6) is 0 Å². The van der Waals surface area contributed by atoms with Gasteiger partial charge in [0.15, 0.2) is 9.84 Å². The number of hydrogen-bond acceptors (Lipinski definition) is 6. The van der Waals surface area contributed by atoms with Gasteiger partial charge in [-0.15, -0.1) is 0 Å². The molecule has 23 heavy (non-hydrogen) atoms. The highest BCUT2D eigenvalue weighted by atomic mass is 32.2. The maximum atomic E-state index is 11.5. The minimum atomic E-state index is -2.91. The van der Waals surface area contributed by atoms with E-state index in [4.69, 9.17) is 0 Å². The quantitative estimate of drug-likeness (QED) is 0.894. The zero-order valence-electron chi connectivity index (χ0n) is 13.2. The largest absolute Gasteiger partial charge is 0.366 e. The molecule has 6 nitrogen and oxygen atoms in total. The second kappa shape index (κ2) is 6.16. The molecule has 0 aliphatic carbocycles. The van der Waals surface area contributed by atoms with E-state index < -0.39 is 9.84 Å². The molecule has 122 valence electrons. The first-order chi connectivity index (χ1) is 10.9. The number of aromatic nitrogens is 2. The number of benzene rings is 1. The van der Waals surface area contributed by atoms with Crippen LogP contribution in [0.3, 0.4) is 0 Å². The summed E-state index contributed by atoms with van der Waals surface area (Å²) < 4.78 is 23.1. The Kier molecular flexibility index (Phi) is 4.21. The first kappa shape index (κ1) is 15.7. The Morgan fingerprint density at radius 2 is 1.78 bits per heavy atom. The standard InChI is InChI=1S/C16H20N4O2S/c1-11-3-5-13(6-4-11)19-15-9-16(18-12(2)17-15)20-14-7-8-23(21,22)10-14/h3-6,9,14H,7-8,10H2,1-2H3,(H2,17,18,19,20). The van der Waals surface area contributed by atoms with Gasteiger partial charge in [0.05, 0.1) is 11.5 Å². The van der Waals surface area contributed by atoms with E-state index in [0.29, 0.717) is 23.9 Å². The first-order valence-corrected chi connectivity index (χ1v) is 9.38. The lowest BCUT2D eigenvalue weighted by Gasteiger charge is -2.14. The van der Waals surface area contributed by atoms with Gasteiger partial charge in [-0.1, -0.05) is 17.7 Å². The highest BCUT2D eigenvalue weighted by Gasteiger charge is 2.28. The zero-order valence-corrected chi connectivity index (χ0v) is 14.0. The summed E-state index contributed by atoms with van der Waals surface area (Å²) in [6.07, 6.45) is 0.617. The van der Waals surface area contributed by atoms with Crippen LogP contribution < -0.4 is 10.6 Å². The van der Waals surface area contributed by atoms with E-state index in [1.54, 1.807) is 6.07 Å². The summed E-state index contributed by atoms with van der Waals surface area (Å²) in [5.41, 5.74) is 2.14. The van der Waals surface area contributed by atoms with Crippen molar-refractivity contribution in [3.63, 3.8) is 0 Å². The predicted molar refractivity (Wildman–Crippen MR) is 91.9 cm³/mol. The Morgan fingerprint density at radius 3 is 2.43 bits per heavy atom. The molecule has 1 unspecified atom stereocenters. The monoisotopic (exact) mass is 332 g/mol. The van der Waals surface area contributed by atoms with Gasteiger partial charge in [-0.2, -0.15) is 0 Å². The fraction of sp³-hybridized carbons (Fsp3) is 0.375. The first-order valence-electron chi connectivity index (χ1n) is 7.56. The van der Waals surface area contributed by atoms with Crippen molar-refractivity contribution in [2.45, 2.75) is 26.3 Å². The van der Waals surface area contributed by atoms with Gasteiger partial charge in [0, 0.05) is 17.8 Å². The van der Waals surface area contributed by atoms with E-state index in [1.807, 2.05) is 38.1 Å². The van der Waals surface area contributed by atoms with Gasteiger partial charge in [-0.3, -0.25) is 0 Å². The van der Waals surface area contributed by atoms with Crippen LogP contribution in [0.1, 0.15) is 17.8 Å². The molecule has 1 fully saturated rings. The topological polar surface area (TPSA) is 84.0 Å². The van der Waals surface area contributed by atoms with E-state index in [0.717, 1.165) is 5.69 Å². The van der Waals surface area contributed by atoms with Gasteiger partial charge in [0.25, 0.3) is 0 Å². The molecule has 1 saturated heterocycles. The molecular formula is C16H20N4O2S. The van der Waals surface area contributed by atoms with Crippen molar-refractivity contribution in [3.8, 4) is 0 Å². The fourth-order valence-electron chi connectivity index (χ4n) is 2.61. The molecule has 1 atom stereocenters. The number of hydrogen-bond donors (Lipinski definition) is 2. The summed E-state index contributed by atoms with van der Waals surface area (Å²) in [7, 11) is -2.91. The van der Waals surface area contributed by atoms with Crippen molar-refractivity contribution in [1.82, 2.24) is 9.97 Å². The van der Waals surface area contributed by atoms with Crippen molar-refractivity contribution < 1.29 is 8.42 Å². The van der Waals surface area contributed by atoms with E-state index in [2.05, 4.69) is 20.6 Å². The molecule has 0 spiro atoms. The SMILES string of the molecule is Cc1ccc(Nc2cc(NC3CCS(=O)(=O)C3)nc(C)n2)cc1. The molecule has 0 saturated carbocycles. The Hall–Kier alpha value is -2.15. The second-order valence-corrected chi connectivity index (χ2v) is 8.15. The lowest BCUT2D eigenvalue weighted by molar-refractivity contribution is 0.602. The van der Waals surface area contributed by atoms with Crippen LogP contribution in [0.4, 0.5) is 17.3 Å². The molecule has 7 heteroatoms. The van der Waals surface area contributed by atoms with Gasteiger partial charge >= 0.3 is 0 Å². The summed E-state index contributed by atoms with van der Waals surface area (Å²) in [5, 5.41) is 6.45. The zero-order chi connectivity index (χ0) is 16.4. The lowest BCUT2D eigenvalue weighted by atomic mass is 10.2. The summed E-state index contributed by atoms with van der Waals surface area (Å²) in [6.45, 7) is 3.85. The van der Waals surface area contributed by atoms with Gasteiger partial charge in [0.1, 0.15) is 17.5 Å². The van der Waals surface area contributed by atoms with Crippen LogP contribution in [-0.4, -0.2) is 35.9 Å². The van der Waals surface area contributed by atoms with Gasteiger partial charge < -0.3 is 10.6 Å². The minimum absolute atomic E-state index is 0.0819. The molecule has 0 radical (unpaired) electrons. The third-order valence-corrected chi connectivity index (χ3v) is 5.51. The molecule has 1 aromatic heterocycles. The number of rotatable bonds is 4. The highest BCUT2D eigenvalue weighted by molar-refractivity contribution is 7.91. The Morgan fingerprint density at radius 1 is 1.09 bits per heavy atom. The molecular weight excluding hydrogens is 312 g/mol. The van der Waals surface area contributed by atoms with Crippen LogP contribution >= 0.6 is 0 Å². The van der Waals surface area contributed by atoms with Crippen LogP contribution in [-0.2, 0) is 9.84 Å². The second-order valence-electron chi connectivity index (χ2n) is 5.92. The fourth-order valence-corrected chi connectivity index (χ4v) is 4.28. The smallest absolute Gasteiger partial charge is 0.152 e. The van der Waals surface area contributed by atoms with Gasteiger partial charge in [0.2, 0.25) is 0 Å². The third-order valence-electron chi connectivity index (χ3n) is 3.75. The van der Waals surface area contributed by atoms with E-state index >= 15 is 0 Å². The summed E-state index contributed by atoms with van der Waals surface area (Å²) in [5.74, 6) is 2.37. The summed E-state index contributed by atoms with van der Waals surface area (Å²) in [6, 6.07) is 9.75. The van der Waals surface area contributed by atoms with E-state index in [1.165, 1.54) is 5.56 Å². The van der Waals surface area contributed by atoms with Crippen molar-refractivity contribution in [2.75, 3.05) is 22.1 Å². The summed E-state index contributed by atoms with van der Waals surface area (Å²) >= 11 is 0. The van der Waals surface area contributed by atoms with E-state index in [-0.39, 0.29) is 17.5 Å². The van der Waals surface area contributed by atoms with Gasteiger partial charge in [-0.25, -0.2) is 18.4 Å². The Labute approximate surface area is 136 Å². The lowest BCUT2D eigenvalue weighted by Crippen LogP contribution is -2.21. The number of sulfone groups is 1. The number of anilines is 3. The molecule has 2 aromatic rings. The molecule has 1 aliphatic heterocycles. The third kappa shape index (κ3) is 4.19.